The Labute approximate surface area is 109 Å². The molecule has 3 N–H and O–H groups in total. The predicted octanol–water partition coefficient (Wildman–Crippen LogP) is 0.580. The smallest absolute Gasteiger partial charge is 0.356 e. The molecule has 2 aromatic heterocycles. The zero-order valence-electron chi connectivity index (χ0n) is 10.4. The number of carboxylic acid groups (broad SMARTS) is 1. The zero-order chi connectivity index (χ0) is 13.8. The maximum atomic E-state index is 11.3. The number of carbonyl (C=O) groups is 2. The van der Waals surface area contributed by atoms with E-state index in [0.717, 1.165) is 0 Å². The van der Waals surface area contributed by atoms with Crippen LogP contribution in [0.25, 0.3) is 5.65 Å². The summed E-state index contributed by atoms with van der Waals surface area (Å²) in [4.78, 5) is 26.2. The first-order valence-corrected chi connectivity index (χ1v) is 5.78. The van der Waals surface area contributed by atoms with Gasteiger partial charge in [-0.15, -0.1) is 0 Å². The molecule has 0 saturated heterocycles. The molecule has 0 aliphatic heterocycles. The number of hydrogen-bond donors (Lipinski definition) is 3. The van der Waals surface area contributed by atoms with Crippen LogP contribution < -0.4 is 10.6 Å². The van der Waals surface area contributed by atoms with Gasteiger partial charge in [-0.2, -0.15) is 0 Å². The molecule has 2 aromatic rings. The molecule has 19 heavy (non-hydrogen) atoms. The number of fused-ring (bicyclic) bond motifs is 1. The summed E-state index contributed by atoms with van der Waals surface area (Å²) in [6.45, 7) is 2.24. The Hall–Kier alpha value is -2.57. The van der Waals surface area contributed by atoms with Crippen molar-refractivity contribution < 1.29 is 14.7 Å². The van der Waals surface area contributed by atoms with Crippen LogP contribution in [0.3, 0.4) is 0 Å². The van der Waals surface area contributed by atoms with E-state index in [1.807, 2.05) is 0 Å². The van der Waals surface area contributed by atoms with Crippen LogP contribution in [0, 0.1) is 0 Å². The number of nitrogens with one attached hydrogen (secondary N) is 2. The molecular formula is C12H14N4O3. The van der Waals surface area contributed by atoms with Gasteiger partial charge >= 0.3 is 5.97 Å². The Morgan fingerprint density at radius 1 is 1.37 bits per heavy atom. The third-order valence-electron chi connectivity index (χ3n) is 2.52. The highest BCUT2D eigenvalue weighted by atomic mass is 16.4. The van der Waals surface area contributed by atoms with E-state index in [-0.39, 0.29) is 11.6 Å². The lowest BCUT2D eigenvalue weighted by Crippen LogP contribution is -2.26. The monoisotopic (exact) mass is 262 g/mol. The van der Waals surface area contributed by atoms with Gasteiger partial charge in [0.2, 0.25) is 5.91 Å². The van der Waals surface area contributed by atoms with Gasteiger partial charge in [-0.05, 0) is 12.1 Å². The lowest BCUT2D eigenvalue weighted by molar-refractivity contribution is -0.118. The van der Waals surface area contributed by atoms with Crippen LogP contribution in [0.5, 0.6) is 0 Å². The summed E-state index contributed by atoms with van der Waals surface area (Å²) in [5, 5.41) is 14.8. The Morgan fingerprint density at radius 2 is 2.16 bits per heavy atom. The SMILES string of the molecule is CC(=O)NCCNc1nc2ccccn2c1C(=O)O. The predicted molar refractivity (Wildman–Crippen MR) is 69.3 cm³/mol. The van der Waals surface area contributed by atoms with Crippen molar-refractivity contribution >= 4 is 23.3 Å². The van der Waals surface area contributed by atoms with Crippen molar-refractivity contribution in [3.8, 4) is 0 Å². The molecule has 0 saturated carbocycles. The summed E-state index contributed by atoms with van der Waals surface area (Å²) >= 11 is 0. The highest BCUT2D eigenvalue weighted by Crippen LogP contribution is 2.17. The number of imidazole rings is 1. The van der Waals surface area contributed by atoms with Crippen LogP contribution in [0.15, 0.2) is 24.4 Å². The zero-order valence-corrected chi connectivity index (χ0v) is 10.4. The normalized spacial score (nSPS) is 10.4. The van der Waals surface area contributed by atoms with Gasteiger partial charge in [0.05, 0.1) is 0 Å². The molecule has 0 spiro atoms. The lowest BCUT2D eigenvalue weighted by Gasteiger charge is -2.05. The Bertz CT molecular complexity index is 620. The van der Waals surface area contributed by atoms with Gasteiger partial charge < -0.3 is 15.7 Å². The molecule has 0 fully saturated rings. The van der Waals surface area contributed by atoms with E-state index in [0.29, 0.717) is 24.6 Å². The second kappa shape index (κ2) is 5.38. The number of amides is 1. The van der Waals surface area contributed by atoms with Crippen molar-refractivity contribution in [3.63, 3.8) is 0 Å². The number of aromatic carboxylic acids is 1. The van der Waals surface area contributed by atoms with Gasteiger partial charge in [0.25, 0.3) is 0 Å². The molecule has 0 aliphatic rings. The molecule has 2 heterocycles. The van der Waals surface area contributed by atoms with Gasteiger partial charge in [-0.25, -0.2) is 9.78 Å². The number of carboxylic acids is 1. The minimum absolute atomic E-state index is 0.0819. The second-order valence-electron chi connectivity index (χ2n) is 3.95. The molecule has 7 heteroatoms. The van der Waals surface area contributed by atoms with Crippen LogP contribution >= 0.6 is 0 Å². The fourth-order valence-corrected chi connectivity index (χ4v) is 1.74. The second-order valence-corrected chi connectivity index (χ2v) is 3.95. The fraction of sp³-hybridized carbons (Fsp3) is 0.250. The average molecular weight is 262 g/mol. The third-order valence-corrected chi connectivity index (χ3v) is 2.52. The van der Waals surface area contributed by atoms with Gasteiger partial charge in [-0.3, -0.25) is 9.20 Å². The molecule has 100 valence electrons. The summed E-state index contributed by atoms with van der Waals surface area (Å²) in [5.41, 5.74) is 0.639. The van der Waals surface area contributed by atoms with Crippen molar-refractivity contribution in [2.24, 2.45) is 0 Å². The number of aromatic nitrogens is 2. The molecule has 0 aromatic carbocycles. The molecule has 0 atom stereocenters. The summed E-state index contributed by atoms with van der Waals surface area (Å²) in [5.74, 6) is -0.889. The molecule has 0 radical (unpaired) electrons. The first-order chi connectivity index (χ1) is 9.09. The molecule has 7 nitrogen and oxygen atoms in total. The van der Waals surface area contributed by atoms with Crippen molar-refractivity contribution in [1.29, 1.82) is 0 Å². The fourth-order valence-electron chi connectivity index (χ4n) is 1.74. The Kier molecular flexibility index (Phi) is 3.65. The van der Waals surface area contributed by atoms with E-state index >= 15 is 0 Å². The van der Waals surface area contributed by atoms with E-state index in [9.17, 15) is 14.7 Å². The number of pyridine rings is 1. The van der Waals surface area contributed by atoms with Gasteiger partial charge in [-0.1, -0.05) is 6.07 Å². The molecule has 0 aliphatic carbocycles. The summed E-state index contributed by atoms with van der Waals surface area (Å²) < 4.78 is 1.50. The number of anilines is 1. The summed E-state index contributed by atoms with van der Waals surface area (Å²) in [6.07, 6.45) is 1.64. The molecular weight excluding hydrogens is 248 g/mol. The highest BCUT2D eigenvalue weighted by Gasteiger charge is 2.17. The average Bonchev–Trinajstić information content (AvgIpc) is 2.72. The molecule has 0 bridgehead atoms. The summed E-state index contributed by atoms with van der Waals surface area (Å²) in [6, 6.07) is 5.25. The minimum atomic E-state index is -1.05. The van der Waals surface area contributed by atoms with Gasteiger partial charge in [0.15, 0.2) is 11.5 Å². The van der Waals surface area contributed by atoms with Crippen LogP contribution in [0.4, 0.5) is 5.82 Å². The van der Waals surface area contributed by atoms with Crippen molar-refractivity contribution in [2.75, 3.05) is 18.4 Å². The molecule has 1 amide bonds. The van der Waals surface area contributed by atoms with Crippen LogP contribution in [-0.4, -0.2) is 39.5 Å². The first-order valence-electron chi connectivity index (χ1n) is 5.78. The van der Waals surface area contributed by atoms with Crippen LogP contribution in [0.1, 0.15) is 17.4 Å². The van der Waals surface area contributed by atoms with E-state index in [1.165, 1.54) is 11.3 Å². The Morgan fingerprint density at radius 3 is 2.84 bits per heavy atom. The maximum absolute atomic E-state index is 11.3. The largest absolute Gasteiger partial charge is 0.476 e. The van der Waals surface area contributed by atoms with E-state index in [2.05, 4.69) is 15.6 Å². The number of nitrogens with zero attached hydrogens (tertiary/aromatic N) is 2. The minimum Gasteiger partial charge on any atom is -0.476 e. The Balaban J connectivity index is 2.20. The van der Waals surface area contributed by atoms with Crippen LogP contribution in [0.2, 0.25) is 0 Å². The van der Waals surface area contributed by atoms with Crippen molar-refractivity contribution in [2.45, 2.75) is 6.92 Å². The van der Waals surface area contributed by atoms with Crippen molar-refractivity contribution in [3.05, 3.63) is 30.1 Å². The van der Waals surface area contributed by atoms with E-state index < -0.39 is 5.97 Å². The number of hydrogen-bond acceptors (Lipinski definition) is 4. The highest BCUT2D eigenvalue weighted by molar-refractivity contribution is 5.92. The van der Waals surface area contributed by atoms with Gasteiger partial charge in [0.1, 0.15) is 5.65 Å². The van der Waals surface area contributed by atoms with E-state index in [4.69, 9.17) is 0 Å². The molecule has 2 rings (SSSR count). The topological polar surface area (TPSA) is 95.7 Å². The standard InChI is InChI=1S/C12H14N4O3/c1-8(17)13-5-6-14-11-10(12(18)19)16-7-3-2-4-9(16)15-11/h2-4,7,14H,5-6H2,1H3,(H,13,17)(H,18,19). The third kappa shape index (κ3) is 2.82. The van der Waals surface area contributed by atoms with E-state index in [1.54, 1.807) is 24.4 Å². The number of carbonyl (C=O) groups excluding carboxylic acids is 1. The summed E-state index contributed by atoms with van der Waals surface area (Å²) in [7, 11) is 0. The lowest BCUT2D eigenvalue weighted by atomic mass is 10.4. The van der Waals surface area contributed by atoms with Gasteiger partial charge in [0, 0.05) is 26.2 Å². The quantitative estimate of drug-likeness (QED) is 0.685. The number of rotatable bonds is 5. The molecule has 0 unspecified atom stereocenters. The van der Waals surface area contributed by atoms with Crippen molar-refractivity contribution in [1.82, 2.24) is 14.7 Å². The van der Waals surface area contributed by atoms with Crippen LogP contribution in [-0.2, 0) is 4.79 Å². The maximum Gasteiger partial charge on any atom is 0.356 e. The first kappa shape index (κ1) is 12.9.